The fraction of sp³-hybridized carbons (Fsp3) is 0.419. The summed E-state index contributed by atoms with van der Waals surface area (Å²) < 4.78 is 18.7. The smallest absolute Gasteiger partial charge is 0.204 e. The molecule has 2 atom stereocenters. The van der Waals surface area contributed by atoms with Crippen LogP contribution in [0.15, 0.2) is 65.0 Å². The van der Waals surface area contributed by atoms with Gasteiger partial charge in [0.25, 0.3) is 0 Å². The van der Waals surface area contributed by atoms with Gasteiger partial charge in [0.05, 0.1) is 17.9 Å². The van der Waals surface area contributed by atoms with Crippen molar-refractivity contribution in [1.29, 1.82) is 0 Å². The molecular formula is C31H34FN3O3. The van der Waals surface area contributed by atoms with Crippen LogP contribution in [0.25, 0.3) is 0 Å². The summed E-state index contributed by atoms with van der Waals surface area (Å²) in [6.45, 7) is 5.71. The number of nitrogens with one attached hydrogen (secondary N) is 1. The molecule has 2 N–H and O–H groups in total. The van der Waals surface area contributed by atoms with Crippen molar-refractivity contribution in [3.63, 3.8) is 0 Å². The predicted molar refractivity (Wildman–Crippen MR) is 146 cm³/mol. The first-order chi connectivity index (χ1) is 18.4. The lowest BCUT2D eigenvalue weighted by molar-refractivity contribution is -0.223. The van der Waals surface area contributed by atoms with Gasteiger partial charge in [-0.15, -0.1) is 0 Å². The lowest BCUT2D eigenvalue weighted by Crippen LogP contribution is -2.67. The molecule has 2 aromatic carbocycles. The average molecular weight is 516 g/mol. The number of Topliss-reactive ketones (excluding diaryl/α,β-unsaturated/α-hetero) is 1. The number of aliphatic hydroxyl groups excluding tert-OH is 1. The minimum atomic E-state index is -0.472. The van der Waals surface area contributed by atoms with Crippen molar-refractivity contribution < 1.29 is 19.0 Å². The molecule has 7 heteroatoms. The van der Waals surface area contributed by atoms with Crippen molar-refractivity contribution in [3.8, 4) is 11.8 Å². The second-order valence-electron chi connectivity index (χ2n) is 10.6. The van der Waals surface area contributed by atoms with E-state index in [1.165, 1.54) is 18.2 Å². The molecule has 5 rings (SSSR count). The highest BCUT2D eigenvalue weighted by atomic mass is 19.1. The van der Waals surface area contributed by atoms with Gasteiger partial charge < -0.3 is 15.2 Å². The van der Waals surface area contributed by atoms with Gasteiger partial charge in [-0.25, -0.2) is 4.39 Å². The summed E-state index contributed by atoms with van der Waals surface area (Å²) in [5.74, 6) is 5.78. The summed E-state index contributed by atoms with van der Waals surface area (Å²) in [4.78, 5) is 18.6. The first-order valence-electron chi connectivity index (χ1n) is 13.3. The van der Waals surface area contributed by atoms with Gasteiger partial charge in [0.2, 0.25) is 5.78 Å². The predicted octanol–water partition coefficient (Wildman–Crippen LogP) is 4.30. The monoisotopic (exact) mass is 515 g/mol. The number of likely N-dealkylation sites (tertiary alicyclic amines) is 1. The van der Waals surface area contributed by atoms with Crippen LogP contribution in [0.1, 0.15) is 54.4 Å². The molecule has 6 nitrogen and oxygen atoms in total. The van der Waals surface area contributed by atoms with Gasteiger partial charge in [0.15, 0.2) is 5.76 Å². The maximum atomic E-state index is 13.0. The van der Waals surface area contributed by atoms with Crippen molar-refractivity contribution in [2.45, 2.75) is 50.3 Å². The molecule has 0 aromatic heterocycles. The molecule has 0 saturated carbocycles. The van der Waals surface area contributed by atoms with Crippen LogP contribution in [0.3, 0.4) is 0 Å². The van der Waals surface area contributed by atoms with Crippen molar-refractivity contribution in [1.82, 2.24) is 10.2 Å². The molecule has 3 heterocycles. The minimum absolute atomic E-state index is 0.0871. The van der Waals surface area contributed by atoms with E-state index < -0.39 is 6.67 Å². The van der Waals surface area contributed by atoms with Crippen LogP contribution in [0.4, 0.5) is 4.39 Å². The third kappa shape index (κ3) is 6.21. The van der Waals surface area contributed by atoms with Gasteiger partial charge in [-0.1, -0.05) is 36.1 Å². The molecule has 38 heavy (non-hydrogen) atoms. The van der Waals surface area contributed by atoms with E-state index in [2.05, 4.69) is 51.3 Å². The van der Waals surface area contributed by atoms with Crippen LogP contribution < -0.4 is 5.32 Å². The highest BCUT2D eigenvalue weighted by molar-refractivity contribution is 6.03. The normalized spacial score (nSPS) is 19.9. The summed E-state index contributed by atoms with van der Waals surface area (Å²) >= 11 is 0. The van der Waals surface area contributed by atoms with E-state index in [4.69, 9.17) is 4.74 Å². The minimum Gasteiger partial charge on any atom is -0.503 e. The number of aliphatic hydroxyl groups is 1. The van der Waals surface area contributed by atoms with E-state index in [1.54, 1.807) is 6.92 Å². The number of alkyl halides is 1. The third-order valence-electron chi connectivity index (χ3n) is 7.53. The lowest BCUT2D eigenvalue weighted by Gasteiger charge is -2.55. The first-order valence-corrected chi connectivity index (χ1v) is 13.3. The van der Waals surface area contributed by atoms with Gasteiger partial charge in [-0.2, -0.15) is 0 Å². The summed E-state index contributed by atoms with van der Waals surface area (Å²) in [7, 11) is 0. The molecule has 3 aliphatic heterocycles. The molecule has 198 valence electrons. The number of halogens is 1. The van der Waals surface area contributed by atoms with Crippen LogP contribution in [0.5, 0.6) is 0 Å². The number of nitrogens with zero attached hydrogens (tertiary/aromatic N) is 2. The Morgan fingerprint density at radius 3 is 2.39 bits per heavy atom. The van der Waals surface area contributed by atoms with Gasteiger partial charge >= 0.3 is 0 Å². The number of ether oxygens (including phenoxy) is 1. The zero-order valence-electron chi connectivity index (χ0n) is 21.8. The standard InChI is InChI=1S/C31H34FN3O3/c1-22(17-32)34-18-27(16-28-30(37)29(36)12-14-33-28)26-10-8-24(9-11-26)3-2-23-4-6-25(7-5-23)19-35-20-31(21-35)13-15-38-31/h4-11,14,22,27,34,37H,12-13,15-21H2,1H3/t22-,27?/m0/s1. The number of allylic oxidation sites excluding steroid dienone is 2. The number of benzene rings is 2. The van der Waals surface area contributed by atoms with Crippen molar-refractivity contribution >= 4 is 12.0 Å². The Labute approximate surface area is 223 Å². The molecule has 0 radical (unpaired) electrons. The largest absolute Gasteiger partial charge is 0.503 e. The topological polar surface area (TPSA) is 74.2 Å². The maximum Gasteiger partial charge on any atom is 0.204 e. The second kappa shape index (κ2) is 11.6. The number of carbonyl (C=O) groups excluding carboxylic acids is 1. The third-order valence-corrected chi connectivity index (χ3v) is 7.53. The summed E-state index contributed by atoms with van der Waals surface area (Å²) in [5, 5.41) is 13.4. The molecule has 3 aliphatic rings. The van der Waals surface area contributed by atoms with Crippen LogP contribution in [-0.4, -0.2) is 66.6 Å². The number of aliphatic imine (C=N–C) groups is 1. The SMILES string of the molecule is C[C@@H](CF)NCC(CC1=C(O)C(=O)CC=N1)c1ccc(C#Cc2ccc(CN3CC4(CCO4)C3)cc2)cc1. The number of rotatable bonds is 9. The summed E-state index contributed by atoms with van der Waals surface area (Å²) in [6, 6.07) is 16.0. The Hall–Kier alpha value is -3.31. The quantitative estimate of drug-likeness (QED) is 0.488. The zero-order valence-corrected chi connectivity index (χ0v) is 21.8. The van der Waals surface area contributed by atoms with Crippen LogP contribution >= 0.6 is 0 Å². The van der Waals surface area contributed by atoms with E-state index in [0.717, 1.165) is 42.9 Å². The average Bonchev–Trinajstić information content (AvgIpc) is 2.89. The molecule has 0 bridgehead atoms. The van der Waals surface area contributed by atoms with Gasteiger partial charge in [0.1, 0.15) is 6.67 Å². The Bertz CT molecular complexity index is 1260. The second-order valence-corrected chi connectivity index (χ2v) is 10.6. The Morgan fingerprint density at radius 1 is 1.13 bits per heavy atom. The molecule has 0 aliphatic carbocycles. The Balaban J connectivity index is 1.21. The molecule has 0 amide bonds. The van der Waals surface area contributed by atoms with Crippen LogP contribution in [0, 0.1) is 11.8 Å². The van der Waals surface area contributed by atoms with Gasteiger partial charge in [0, 0.05) is 74.7 Å². The van der Waals surface area contributed by atoms with E-state index in [-0.39, 0.29) is 35.5 Å². The highest BCUT2D eigenvalue weighted by Gasteiger charge is 2.48. The molecule has 1 unspecified atom stereocenters. The molecule has 2 fully saturated rings. The molecule has 2 saturated heterocycles. The van der Waals surface area contributed by atoms with Crippen molar-refractivity contribution in [3.05, 3.63) is 82.2 Å². The highest BCUT2D eigenvalue weighted by Crippen LogP contribution is 2.36. The van der Waals surface area contributed by atoms with Crippen LogP contribution in [-0.2, 0) is 16.1 Å². The van der Waals surface area contributed by atoms with E-state index in [9.17, 15) is 14.3 Å². The summed E-state index contributed by atoms with van der Waals surface area (Å²) in [5.41, 5.74) is 4.67. The molecule has 1 spiro atoms. The Morgan fingerprint density at radius 2 is 1.79 bits per heavy atom. The maximum absolute atomic E-state index is 13.0. The number of hydrogen-bond donors (Lipinski definition) is 2. The van der Waals surface area contributed by atoms with Gasteiger partial charge in [-0.3, -0.25) is 14.7 Å². The van der Waals surface area contributed by atoms with Crippen molar-refractivity contribution in [2.75, 3.05) is 32.9 Å². The zero-order chi connectivity index (χ0) is 26.5. The Kier molecular flexibility index (Phi) is 8.04. The van der Waals surface area contributed by atoms with Crippen molar-refractivity contribution in [2.24, 2.45) is 4.99 Å². The fourth-order valence-electron chi connectivity index (χ4n) is 5.10. The van der Waals surface area contributed by atoms with E-state index in [1.807, 2.05) is 24.3 Å². The number of ketones is 1. The summed E-state index contributed by atoms with van der Waals surface area (Å²) in [6.07, 6.45) is 3.21. The lowest BCUT2D eigenvalue weighted by atomic mass is 9.86. The van der Waals surface area contributed by atoms with E-state index >= 15 is 0 Å². The van der Waals surface area contributed by atoms with E-state index in [0.29, 0.717) is 18.7 Å². The van der Waals surface area contributed by atoms with Gasteiger partial charge in [-0.05, 0) is 42.3 Å². The molecule has 2 aromatic rings. The first kappa shape index (κ1) is 26.3. The fourth-order valence-corrected chi connectivity index (χ4v) is 5.10. The van der Waals surface area contributed by atoms with Crippen LogP contribution in [0.2, 0.25) is 0 Å². The molecular weight excluding hydrogens is 481 g/mol. The number of carbonyl (C=O) groups is 1. The number of hydrogen-bond acceptors (Lipinski definition) is 6.